The highest BCUT2D eigenvalue weighted by atomic mass is 16.7. The minimum absolute atomic E-state index is 0.0917. The van der Waals surface area contributed by atoms with Gasteiger partial charge in [-0.3, -0.25) is 4.79 Å². The maximum atomic E-state index is 13.2. The highest BCUT2D eigenvalue weighted by Gasteiger charge is 2.28. The second-order valence-corrected chi connectivity index (χ2v) is 6.83. The van der Waals surface area contributed by atoms with Gasteiger partial charge < -0.3 is 24.4 Å². The molecule has 1 aliphatic rings. The largest absolute Gasteiger partial charge is 0.492 e. The van der Waals surface area contributed by atoms with Crippen molar-refractivity contribution in [1.82, 2.24) is 0 Å². The van der Waals surface area contributed by atoms with E-state index in [0.29, 0.717) is 34.1 Å². The van der Waals surface area contributed by atoms with E-state index in [4.69, 9.17) is 14.2 Å². The number of nitrogens with zero attached hydrogens (tertiary/aromatic N) is 1. The molecule has 1 heterocycles. The molecule has 4 rings (SSSR count). The zero-order valence-electron chi connectivity index (χ0n) is 16.6. The number of fused-ring (bicyclic) bond motifs is 1. The van der Waals surface area contributed by atoms with Crippen LogP contribution >= 0.6 is 0 Å². The van der Waals surface area contributed by atoms with Gasteiger partial charge in [0, 0.05) is 31.0 Å². The van der Waals surface area contributed by atoms with Gasteiger partial charge >= 0.3 is 0 Å². The summed E-state index contributed by atoms with van der Waals surface area (Å²) in [7, 11) is 5.53. The van der Waals surface area contributed by atoms with Crippen molar-refractivity contribution in [2.75, 3.05) is 38.2 Å². The van der Waals surface area contributed by atoms with Crippen molar-refractivity contribution in [3.8, 4) is 28.4 Å². The number of carbonyl (C=O) groups excluding carboxylic acids is 1. The van der Waals surface area contributed by atoms with Gasteiger partial charge in [-0.25, -0.2) is 0 Å². The fourth-order valence-corrected chi connectivity index (χ4v) is 3.32. The van der Waals surface area contributed by atoms with Crippen LogP contribution in [0.3, 0.4) is 0 Å². The smallest absolute Gasteiger partial charge is 0.256 e. The Morgan fingerprint density at radius 3 is 2.41 bits per heavy atom. The standard InChI is InChI=1S/C23H22N2O4/c1-25(2)17-11-9-15(10-12-17)20-18(23(26)24-16-7-5-4-6-8-16)13-19-21(22(20)27-3)29-14-28-19/h4-13H,14H2,1-3H3,(H,24,26). The number of carbonyl (C=O) groups is 1. The molecule has 0 aromatic heterocycles. The number of ether oxygens (including phenoxy) is 3. The van der Waals surface area contributed by atoms with Gasteiger partial charge in [-0.1, -0.05) is 30.3 Å². The fraction of sp³-hybridized carbons (Fsp3) is 0.174. The molecule has 0 unspecified atom stereocenters. The molecule has 1 N–H and O–H groups in total. The number of methoxy groups -OCH3 is 1. The molecular weight excluding hydrogens is 368 g/mol. The first-order chi connectivity index (χ1) is 14.1. The van der Waals surface area contributed by atoms with Gasteiger partial charge in [-0.15, -0.1) is 0 Å². The van der Waals surface area contributed by atoms with Gasteiger partial charge in [0.15, 0.2) is 11.5 Å². The fourth-order valence-electron chi connectivity index (χ4n) is 3.32. The Balaban J connectivity index is 1.84. The highest BCUT2D eigenvalue weighted by molar-refractivity contribution is 6.10. The van der Waals surface area contributed by atoms with Crippen LogP contribution in [0.15, 0.2) is 60.7 Å². The monoisotopic (exact) mass is 390 g/mol. The summed E-state index contributed by atoms with van der Waals surface area (Å²) in [6.45, 7) is 0.0917. The normalized spacial score (nSPS) is 11.8. The maximum Gasteiger partial charge on any atom is 0.256 e. The maximum absolute atomic E-state index is 13.2. The molecule has 0 spiro atoms. The molecule has 6 nitrogen and oxygen atoms in total. The predicted molar refractivity (Wildman–Crippen MR) is 113 cm³/mol. The van der Waals surface area contributed by atoms with E-state index in [1.165, 1.54) is 0 Å². The lowest BCUT2D eigenvalue weighted by Gasteiger charge is -2.18. The van der Waals surface area contributed by atoms with Crippen LogP contribution < -0.4 is 24.4 Å². The van der Waals surface area contributed by atoms with Crippen LogP contribution in [0.1, 0.15) is 10.4 Å². The number of anilines is 2. The van der Waals surface area contributed by atoms with E-state index < -0.39 is 0 Å². The molecule has 1 amide bonds. The SMILES string of the molecule is COc1c2c(cc(C(=O)Nc3ccccc3)c1-c1ccc(N(C)C)cc1)OCO2. The molecule has 6 heteroatoms. The summed E-state index contributed by atoms with van der Waals surface area (Å²) in [6.07, 6.45) is 0. The van der Waals surface area contributed by atoms with E-state index in [-0.39, 0.29) is 12.7 Å². The summed E-state index contributed by atoms with van der Waals surface area (Å²) in [5, 5.41) is 2.94. The number of benzene rings is 3. The van der Waals surface area contributed by atoms with Crippen molar-refractivity contribution in [3.63, 3.8) is 0 Å². The number of para-hydroxylation sites is 1. The number of amides is 1. The molecule has 3 aromatic rings. The van der Waals surface area contributed by atoms with E-state index in [1.54, 1.807) is 13.2 Å². The van der Waals surface area contributed by atoms with Gasteiger partial charge in [-0.05, 0) is 35.9 Å². The molecule has 1 aliphatic heterocycles. The lowest BCUT2D eigenvalue weighted by Crippen LogP contribution is -2.14. The molecule has 0 saturated carbocycles. The molecule has 0 radical (unpaired) electrons. The molecule has 0 saturated heterocycles. The summed E-state index contributed by atoms with van der Waals surface area (Å²) >= 11 is 0. The second kappa shape index (κ2) is 7.75. The third-order valence-electron chi connectivity index (χ3n) is 4.77. The van der Waals surface area contributed by atoms with E-state index in [1.807, 2.05) is 73.6 Å². The first-order valence-electron chi connectivity index (χ1n) is 9.23. The minimum atomic E-state index is -0.250. The molecule has 29 heavy (non-hydrogen) atoms. The molecule has 3 aromatic carbocycles. The van der Waals surface area contributed by atoms with Gasteiger partial charge in [-0.2, -0.15) is 0 Å². The van der Waals surface area contributed by atoms with E-state index in [2.05, 4.69) is 5.32 Å². The van der Waals surface area contributed by atoms with Crippen LogP contribution in [0.5, 0.6) is 17.2 Å². The van der Waals surface area contributed by atoms with Crippen molar-refractivity contribution in [2.45, 2.75) is 0 Å². The average molecular weight is 390 g/mol. The molecule has 0 fully saturated rings. The minimum Gasteiger partial charge on any atom is -0.492 e. The van der Waals surface area contributed by atoms with Crippen molar-refractivity contribution in [3.05, 3.63) is 66.2 Å². The van der Waals surface area contributed by atoms with Crippen LogP contribution in [0.2, 0.25) is 0 Å². The van der Waals surface area contributed by atoms with E-state index in [9.17, 15) is 4.79 Å². The van der Waals surface area contributed by atoms with Gasteiger partial charge in [0.1, 0.15) is 0 Å². The lowest BCUT2D eigenvalue weighted by molar-refractivity contribution is 0.102. The van der Waals surface area contributed by atoms with Crippen molar-refractivity contribution < 1.29 is 19.0 Å². The summed E-state index contributed by atoms with van der Waals surface area (Å²) in [4.78, 5) is 15.2. The topological polar surface area (TPSA) is 60.0 Å². The third kappa shape index (κ3) is 3.57. The zero-order valence-corrected chi connectivity index (χ0v) is 16.6. The Hall–Kier alpha value is -3.67. The molecule has 0 atom stereocenters. The molecule has 0 aliphatic carbocycles. The third-order valence-corrected chi connectivity index (χ3v) is 4.77. The Labute approximate surface area is 169 Å². The van der Waals surface area contributed by atoms with E-state index in [0.717, 1.165) is 11.3 Å². The van der Waals surface area contributed by atoms with E-state index >= 15 is 0 Å². The molecule has 148 valence electrons. The first-order valence-corrected chi connectivity index (χ1v) is 9.23. The molecule has 0 bridgehead atoms. The lowest BCUT2D eigenvalue weighted by atomic mass is 9.96. The first kappa shape index (κ1) is 18.7. The van der Waals surface area contributed by atoms with Crippen LogP contribution in [0.25, 0.3) is 11.1 Å². The van der Waals surface area contributed by atoms with Crippen LogP contribution in [-0.4, -0.2) is 33.9 Å². The summed E-state index contributed by atoms with van der Waals surface area (Å²) in [6, 6.07) is 19.0. The van der Waals surface area contributed by atoms with Crippen LogP contribution in [0.4, 0.5) is 11.4 Å². The van der Waals surface area contributed by atoms with Crippen molar-refractivity contribution >= 4 is 17.3 Å². The van der Waals surface area contributed by atoms with Crippen molar-refractivity contribution in [1.29, 1.82) is 0 Å². The van der Waals surface area contributed by atoms with Gasteiger partial charge in [0.05, 0.1) is 12.7 Å². The number of rotatable bonds is 5. The average Bonchev–Trinajstić information content (AvgIpc) is 3.21. The quantitative estimate of drug-likeness (QED) is 0.699. The Bertz CT molecular complexity index is 1030. The van der Waals surface area contributed by atoms with Crippen molar-refractivity contribution in [2.24, 2.45) is 0 Å². The summed E-state index contributed by atoms with van der Waals surface area (Å²) in [5.74, 6) is 1.24. The van der Waals surface area contributed by atoms with Crippen LogP contribution in [-0.2, 0) is 0 Å². The van der Waals surface area contributed by atoms with Crippen LogP contribution in [0, 0.1) is 0 Å². The highest BCUT2D eigenvalue weighted by Crippen LogP contribution is 2.49. The number of hydrogen-bond donors (Lipinski definition) is 1. The van der Waals surface area contributed by atoms with Gasteiger partial charge in [0.25, 0.3) is 5.91 Å². The Morgan fingerprint density at radius 1 is 1.03 bits per heavy atom. The predicted octanol–water partition coefficient (Wildman–Crippen LogP) is 4.41. The Morgan fingerprint density at radius 2 is 1.76 bits per heavy atom. The number of hydrogen-bond acceptors (Lipinski definition) is 5. The summed E-state index contributed by atoms with van der Waals surface area (Å²) < 4.78 is 16.8. The second-order valence-electron chi connectivity index (χ2n) is 6.83. The Kier molecular flexibility index (Phi) is 4.99. The summed E-state index contributed by atoms with van der Waals surface area (Å²) in [5.41, 5.74) is 3.73. The molecular formula is C23H22N2O4. The number of nitrogens with one attached hydrogen (secondary N) is 1. The van der Waals surface area contributed by atoms with Gasteiger partial charge in [0.2, 0.25) is 12.5 Å². The zero-order chi connectivity index (χ0) is 20.4.